The first-order valence-corrected chi connectivity index (χ1v) is 8.03. The molecule has 0 bridgehead atoms. The lowest BCUT2D eigenvalue weighted by Crippen LogP contribution is -2.23. The van der Waals surface area contributed by atoms with Gasteiger partial charge in [-0.1, -0.05) is 30.3 Å². The molecular weight excluding hydrogens is 291 g/mol. The van der Waals surface area contributed by atoms with Crippen LogP contribution in [0.5, 0.6) is 0 Å². The fraction of sp³-hybridized carbons (Fsp3) is 0.200. The second-order valence-electron chi connectivity index (χ2n) is 4.64. The van der Waals surface area contributed by atoms with Gasteiger partial charge in [0.25, 0.3) is 0 Å². The number of rotatable bonds is 6. The van der Waals surface area contributed by atoms with Gasteiger partial charge in [0.1, 0.15) is 5.82 Å². The van der Waals surface area contributed by atoms with Gasteiger partial charge in [-0.2, -0.15) is 0 Å². The number of benzene rings is 2. The monoisotopic (exact) mass is 308 g/mol. The zero-order chi connectivity index (χ0) is 15.3. The molecule has 0 fully saturated rings. The molecule has 0 unspecified atom stereocenters. The number of hydrogen-bond donors (Lipinski definition) is 2. The van der Waals surface area contributed by atoms with Gasteiger partial charge in [0.15, 0.2) is 0 Å². The molecule has 112 valence electrons. The van der Waals surface area contributed by atoms with Gasteiger partial charge < -0.3 is 5.73 Å². The zero-order valence-electron chi connectivity index (χ0n) is 11.4. The molecule has 3 N–H and O–H groups in total. The third-order valence-corrected chi connectivity index (χ3v) is 4.43. The fourth-order valence-electron chi connectivity index (χ4n) is 1.89. The van der Waals surface area contributed by atoms with Gasteiger partial charge >= 0.3 is 0 Å². The Hall–Kier alpha value is -1.76. The van der Waals surface area contributed by atoms with Crippen molar-refractivity contribution in [1.29, 1.82) is 0 Å². The van der Waals surface area contributed by atoms with Crippen LogP contribution in [0.25, 0.3) is 0 Å². The van der Waals surface area contributed by atoms with E-state index in [2.05, 4.69) is 4.72 Å². The van der Waals surface area contributed by atoms with E-state index in [9.17, 15) is 12.8 Å². The smallest absolute Gasteiger partial charge is 0.240 e. The van der Waals surface area contributed by atoms with Crippen LogP contribution in [0.2, 0.25) is 0 Å². The van der Waals surface area contributed by atoms with Crippen molar-refractivity contribution in [3.8, 4) is 0 Å². The van der Waals surface area contributed by atoms with Crippen LogP contribution in [-0.4, -0.2) is 15.0 Å². The first-order valence-electron chi connectivity index (χ1n) is 6.54. The molecule has 0 heterocycles. The molecule has 0 saturated heterocycles. The molecule has 2 aromatic rings. The highest BCUT2D eigenvalue weighted by Gasteiger charge is 2.14. The van der Waals surface area contributed by atoms with Crippen molar-refractivity contribution >= 4 is 10.0 Å². The van der Waals surface area contributed by atoms with Crippen molar-refractivity contribution in [2.45, 2.75) is 17.9 Å². The first-order chi connectivity index (χ1) is 10.0. The molecule has 0 spiro atoms. The zero-order valence-corrected chi connectivity index (χ0v) is 12.2. The summed E-state index contributed by atoms with van der Waals surface area (Å²) in [7, 11) is -3.71. The second-order valence-corrected chi connectivity index (χ2v) is 6.40. The van der Waals surface area contributed by atoms with Crippen LogP contribution >= 0.6 is 0 Å². The molecule has 2 rings (SSSR count). The highest BCUT2D eigenvalue weighted by molar-refractivity contribution is 7.89. The third-order valence-electron chi connectivity index (χ3n) is 3.03. The van der Waals surface area contributed by atoms with E-state index < -0.39 is 15.8 Å². The molecule has 0 aromatic heterocycles. The molecule has 0 amide bonds. The second kappa shape index (κ2) is 6.80. The molecular formula is C15H17FN2O2S. The van der Waals surface area contributed by atoms with E-state index in [0.717, 1.165) is 23.6 Å². The van der Waals surface area contributed by atoms with E-state index in [0.29, 0.717) is 6.54 Å². The summed E-state index contributed by atoms with van der Waals surface area (Å²) in [5.74, 6) is -0.580. The molecule has 0 aliphatic heterocycles. The minimum absolute atomic E-state index is 0.0812. The van der Waals surface area contributed by atoms with Crippen molar-refractivity contribution in [3.63, 3.8) is 0 Å². The van der Waals surface area contributed by atoms with Gasteiger partial charge in [0.2, 0.25) is 10.0 Å². The molecule has 21 heavy (non-hydrogen) atoms. The Bertz CT molecular complexity index is 700. The van der Waals surface area contributed by atoms with E-state index in [1.165, 1.54) is 18.2 Å². The molecule has 0 atom stereocenters. The summed E-state index contributed by atoms with van der Waals surface area (Å²) in [5.41, 5.74) is 7.40. The number of nitrogens with two attached hydrogens (primary N) is 1. The van der Waals surface area contributed by atoms with E-state index in [4.69, 9.17) is 5.73 Å². The average Bonchev–Trinajstić information content (AvgIpc) is 2.47. The minimum Gasteiger partial charge on any atom is -0.330 e. The van der Waals surface area contributed by atoms with Crippen LogP contribution in [0.1, 0.15) is 11.1 Å². The van der Waals surface area contributed by atoms with Crippen molar-refractivity contribution < 1.29 is 12.8 Å². The summed E-state index contributed by atoms with van der Waals surface area (Å²) in [6, 6.07) is 12.4. The van der Waals surface area contributed by atoms with Crippen LogP contribution in [-0.2, 0) is 23.0 Å². The van der Waals surface area contributed by atoms with E-state index >= 15 is 0 Å². The van der Waals surface area contributed by atoms with Gasteiger partial charge in [-0.3, -0.25) is 0 Å². The van der Waals surface area contributed by atoms with Gasteiger partial charge in [-0.15, -0.1) is 0 Å². The molecule has 0 aliphatic rings. The van der Waals surface area contributed by atoms with Crippen LogP contribution < -0.4 is 10.5 Å². The molecule has 0 aliphatic carbocycles. The summed E-state index contributed by atoms with van der Waals surface area (Å²) >= 11 is 0. The lowest BCUT2D eigenvalue weighted by atomic mass is 10.1. The molecule has 0 saturated carbocycles. The minimum atomic E-state index is -3.71. The van der Waals surface area contributed by atoms with Crippen LogP contribution in [0, 0.1) is 5.82 Å². The lowest BCUT2D eigenvalue weighted by Gasteiger charge is -2.07. The Kier molecular flexibility index (Phi) is 5.06. The first kappa shape index (κ1) is 15.6. The summed E-state index contributed by atoms with van der Waals surface area (Å²) in [5, 5.41) is 0. The summed E-state index contributed by atoms with van der Waals surface area (Å²) < 4.78 is 39.6. The maximum Gasteiger partial charge on any atom is 0.240 e. The highest BCUT2D eigenvalue weighted by Crippen LogP contribution is 2.11. The van der Waals surface area contributed by atoms with Crippen molar-refractivity contribution in [3.05, 3.63) is 65.5 Å². The molecule has 6 heteroatoms. The molecule has 2 aromatic carbocycles. The number of sulfonamides is 1. The summed E-state index contributed by atoms with van der Waals surface area (Å²) in [4.78, 5) is -0.0812. The summed E-state index contributed by atoms with van der Waals surface area (Å²) in [6.45, 7) is 0.729. The van der Waals surface area contributed by atoms with E-state index in [1.807, 2.05) is 24.3 Å². The van der Waals surface area contributed by atoms with Gasteiger partial charge in [0, 0.05) is 6.54 Å². The average molecular weight is 308 g/mol. The predicted molar refractivity (Wildman–Crippen MR) is 79.6 cm³/mol. The predicted octanol–water partition coefficient (Wildman–Crippen LogP) is 1.81. The normalized spacial score (nSPS) is 11.5. The van der Waals surface area contributed by atoms with E-state index in [1.54, 1.807) is 0 Å². The number of halogens is 1. The summed E-state index contributed by atoms with van der Waals surface area (Å²) in [6.07, 6.45) is 0.787. The Morgan fingerprint density at radius 1 is 1.05 bits per heavy atom. The van der Waals surface area contributed by atoms with Gasteiger partial charge in [0.05, 0.1) is 4.90 Å². The quantitative estimate of drug-likeness (QED) is 0.855. The van der Waals surface area contributed by atoms with Gasteiger partial charge in [-0.25, -0.2) is 17.5 Å². The molecule has 4 nitrogen and oxygen atoms in total. The SMILES string of the molecule is NCCc1ccc(CNS(=O)(=O)c2cccc(F)c2)cc1. The fourth-order valence-corrected chi connectivity index (χ4v) is 2.94. The molecule has 0 radical (unpaired) electrons. The Balaban J connectivity index is 2.04. The van der Waals surface area contributed by atoms with Crippen molar-refractivity contribution in [2.24, 2.45) is 5.73 Å². The van der Waals surface area contributed by atoms with Crippen LogP contribution in [0.15, 0.2) is 53.4 Å². The van der Waals surface area contributed by atoms with Gasteiger partial charge in [-0.05, 0) is 42.3 Å². The highest BCUT2D eigenvalue weighted by atomic mass is 32.2. The largest absolute Gasteiger partial charge is 0.330 e. The van der Waals surface area contributed by atoms with E-state index in [-0.39, 0.29) is 11.4 Å². The Morgan fingerprint density at radius 3 is 2.33 bits per heavy atom. The van der Waals surface area contributed by atoms with Crippen LogP contribution in [0.4, 0.5) is 4.39 Å². The topological polar surface area (TPSA) is 72.2 Å². The third kappa shape index (κ3) is 4.35. The lowest BCUT2D eigenvalue weighted by molar-refractivity contribution is 0.577. The Morgan fingerprint density at radius 2 is 1.71 bits per heavy atom. The standard InChI is InChI=1S/C15H17FN2O2S/c16-14-2-1-3-15(10-14)21(19,20)18-11-13-6-4-12(5-7-13)8-9-17/h1-7,10,18H,8-9,11,17H2. The van der Waals surface area contributed by atoms with Crippen molar-refractivity contribution in [2.75, 3.05) is 6.54 Å². The maximum atomic E-state index is 13.1. The number of nitrogens with one attached hydrogen (secondary N) is 1. The Labute approximate surface area is 123 Å². The van der Waals surface area contributed by atoms with Crippen molar-refractivity contribution in [1.82, 2.24) is 4.72 Å². The van der Waals surface area contributed by atoms with Crippen LogP contribution in [0.3, 0.4) is 0 Å². The number of hydrogen-bond acceptors (Lipinski definition) is 3. The maximum absolute atomic E-state index is 13.1.